The van der Waals surface area contributed by atoms with Crippen molar-refractivity contribution in [3.8, 4) is 22.3 Å². The Morgan fingerprint density at radius 3 is 2.09 bits per heavy atom. The van der Waals surface area contributed by atoms with Crippen molar-refractivity contribution in [2.24, 2.45) is 0 Å². The highest BCUT2D eigenvalue weighted by molar-refractivity contribution is 6.35. The summed E-state index contributed by atoms with van der Waals surface area (Å²) in [7, 11) is 0. The fourth-order valence-electron chi connectivity index (χ4n) is 2.64. The number of halogens is 2. The third kappa shape index (κ3) is 3.93. The van der Waals surface area contributed by atoms with Crippen LogP contribution in [0.4, 0.5) is 0 Å². The van der Waals surface area contributed by atoms with Gasteiger partial charge in [0.1, 0.15) is 6.54 Å². The van der Waals surface area contributed by atoms with Crippen molar-refractivity contribution in [3.05, 3.63) is 77.6 Å². The standard InChI is InChI=1S/C20H19ClN.HI/c1-3-22-13-18(16-9-5-4-6-10-16)20(21)19(14-22)17-11-7-8-15(2)12-17;/h4-14H,3H2,1-2H3;1H/q+1;/p-1. The van der Waals surface area contributed by atoms with Crippen LogP contribution in [0.3, 0.4) is 0 Å². The van der Waals surface area contributed by atoms with Crippen molar-refractivity contribution in [3.63, 3.8) is 0 Å². The highest BCUT2D eigenvalue weighted by Crippen LogP contribution is 2.35. The monoisotopic (exact) mass is 435 g/mol. The number of pyridine rings is 1. The molecule has 3 aromatic rings. The Kier molecular flexibility index (Phi) is 6.19. The molecule has 0 saturated heterocycles. The van der Waals surface area contributed by atoms with E-state index in [9.17, 15) is 0 Å². The van der Waals surface area contributed by atoms with Gasteiger partial charge < -0.3 is 24.0 Å². The predicted molar refractivity (Wildman–Crippen MR) is 92.9 cm³/mol. The average molecular weight is 436 g/mol. The normalized spacial score (nSPS) is 10.2. The van der Waals surface area contributed by atoms with Gasteiger partial charge >= 0.3 is 0 Å². The third-order valence-electron chi connectivity index (χ3n) is 3.84. The van der Waals surface area contributed by atoms with Crippen LogP contribution in [0.25, 0.3) is 22.3 Å². The molecular formula is C20H19ClIN. The first-order valence-electron chi connectivity index (χ1n) is 7.54. The van der Waals surface area contributed by atoms with Gasteiger partial charge in [-0.25, -0.2) is 4.57 Å². The minimum absolute atomic E-state index is 0. The molecule has 1 nitrogen and oxygen atoms in total. The quantitative estimate of drug-likeness (QED) is 0.439. The van der Waals surface area contributed by atoms with E-state index in [0.717, 1.165) is 33.8 Å². The largest absolute Gasteiger partial charge is 1.00 e. The zero-order valence-corrected chi connectivity index (χ0v) is 16.2. The molecule has 118 valence electrons. The lowest BCUT2D eigenvalue weighted by Crippen LogP contribution is -3.00. The van der Waals surface area contributed by atoms with Crippen molar-refractivity contribution < 1.29 is 28.5 Å². The lowest BCUT2D eigenvalue weighted by atomic mass is 10.0. The molecule has 0 aliphatic rings. The number of hydrogen-bond donors (Lipinski definition) is 0. The summed E-state index contributed by atoms with van der Waals surface area (Å²) in [4.78, 5) is 0. The van der Waals surface area contributed by atoms with Crippen molar-refractivity contribution in [1.29, 1.82) is 0 Å². The van der Waals surface area contributed by atoms with Gasteiger partial charge in [-0.05, 0) is 25.0 Å². The molecule has 0 unspecified atom stereocenters. The van der Waals surface area contributed by atoms with Crippen molar-refractivity contribution >= 4 is 11.6 Å². The van der Waals surface area contributed by atoms with E-state index in [1.165, 1.54) is 5.56 Å². The second-order valence-electron chi connectivity index (χ2n) is 5.47. The second kappa shape index (κ2) is 7.93. The molecule has 0 N–H and O–H groups in total. The number of aryl methyl sites for hydroxylation is 2. The fourth-order valence-corrected chi connectivity index (χ4v) is 2.96. The highest BCUT2D eigenvalue weighted by atomic mass is 127. The van der Waals surface area contributed by atoms with Gasteiger partial charge in [0, 0.05) is 0 Å². The zero-order valence-electron chi connectivity index (χ0n) is 13.3. The van der Waals surface area contributed by atoms with Gasteiger partial charge in [-0.2, -0.15) is 0 Å². The number of aromatic nitrogens is 1. The van der Waals surface area contributed by atoms with Crippen LogP contribution in [-0.4, -0.2) is 0 Å². The van der Waals surface area contributed by atoms with E-state index in [4.69, 9.17) is 11.6 Å². The van der Waals surface area contributed by atoms with Gasteiger partial charge in [0.05, 0.1) is 16.1 Å². The van der Waals surface area contributed by atoms with E-state index < -0.39 is 0 Å². The van der Waals surface area contributed by atoms with Gasteiger partial charge in [0.25, 0.3) is 0 Å². The number of hydrogen-bond acceptors (Lipinski definition) is 0. The van der Waals surface area contributed by atoms with Crippen LogP contribution in [-0.2, 0) is 6.54 Å². The number of rotatable bonds is 3. The topological polar surface area (TPSA) is 3.88 Å². The minimum Gasteiger partial charge on any atom is -1.00 e. The Morgan fingerprint density at radius 1 is 0.870 bits per heavy atom. The Balaban J connectivity index is 0.00000192. The summed E-state index contributed by atoms with van der Waals surface area (Å²) in [6, 6.07) is 18.8. The molecule has 0 bridgehead atoms. The Bertz CT molecular complexity index is 800. The van der Waals surface area contributed by atoms with Crippen LogP contribution in [0.2, 0.25) is 5.02 Å². The maximum Gasteiger partial charge on any atom is 0.178 e. The van der Waals surface area contributed by atoms with Crippen LogP contribution < -0.4 is 28.5 Å². The van der Waals surface area contributed by atoms with E-state index in [1.807, 2.05) is 18.2 Å². The van der Waals surface area contributed by atoms with Crippen molar-refractivity contribution in [2.45, 2.75) is 20.4 Å². The van der Waals surface area contributed by atoms with Gasteiger partial charge in [-0.3, -0.25) is 0 Å². The van der Waals surface area contributed by atoms with Crippen molar-refractivity contribution in [2.75, 3.05) is 0 Å². The molecule has 0 atom stereocenters. The van der Waals surface area contributed by atoms with Gasteiger partial charge in [-0.15, -0.1) is 0 Å². The summed E-state index contributed by atoms with van der Waals surface area (Å²) >= 11 is 6.75. The summed E-state index contributed by atoms with van der Waals surface area (Å²) in [5.74, 6) is 0. The van der Waals surface area contributed by atoms with Crippen LogP contribution in [0.5, 0.6) is 0 Å². The molecule has 3 heteroatoms. The summed E-state index contributed by atoms with van der Waals surface area (Å²) in [6.45, 7) is 5.16. The maximum atomic E-state index is 6.75. The smallest absolute Gasteiger partial charge is 0.178 e. The molecule has 0 aliphatic heterocycles. The second-order valence-corrected chi connectivity index (χ2v) is 5.84. The van der Waals surface area contributed by atoms with Gasteiger partial charge in [0.15, 0.2) is 12.4 Å². The summed E-state index contributed by atoms with van der Waals surface area (Å²) in [5.41, 5.74) is 5.69. The third-order valence-corrected chi connectivity index (χ3v) is 4.25. The van der Waals surface area contributed by atoms with Crippen LogP contribution >= 0.6 is 11.6 Å². The van der Waals surface area contributed by atoms with E-state index >= 15 is 0 Å². The van der Waals surface area contributed by atoms with Crippen LogP contribution in [0.15, 0.2) is 67.0 Å². The molecule has 0 aliphatic carbocycles. The van der Waals surface area contributed by atoms with E-state index in [2.05, 4.69) is 67.2 Å². The van der Waals surface area contributed by atoms with Crippen LogP contribution in [0, 0.1) is 6.92 Å². The molecule has 1 aromatic heterocycles. The molecule has 0 spiro atoms. The van der Waals surface area contributed by atoms with E-state index in [-0.39, 0.29) is 24.0 Å². The van der Waals surface area contributed by atoms with E-state index in [0.29, 0.717) is 0 Å². The molecule has 0 fully saturated rings. The number of nitrogens with zero attached hydrogens (tertiary/aromatic N) is 1. The lowest BCUT2D eigenvalue weighted by molar-refractivity contribution is -0.692. The molecule has 0 amide bonds. The fraction of sp³-hybridized carbons (Fsp3) is 0.150. The first-order valence-corrected chi connectivity index (χ1v) is 7.92. The highest BCUT2D eigenvalue weighted by Gasteiger charge is 2.16. The minimum atomic E-state index is 0. The van der Waals surface area contributed by atoms with Crippen LogP contribution in [0.1, 0.15) is 12.5 Å². The predicted octanol–water partition coefficient (Wildman–Crippen LogP) is 2.29. The molecular weight excluding hydrogens is 417 g/mol. The average Bonchev–Trinajstić information content (AvgIpc) is 2.56. The zero-order chi connectivity index (χ0) is 15.5. The molecule has 23 heavy (non-hydrogen) atoms. The SMILES string of the molecule is CC[n+]1cc(-c2ccccc2)c(Cl)c(-c2cccc(C)c2)c1.[I-]. The Morgan fingerprint density at radius 2 is 1.48 bits per heavy atom. The Labute approximate surface area is 160 Å². The summed E-state index contributed by atoms with van der Waals surface area (Å²) in [6.07, 6.45) is 4.25. The van der Waals surface area contributed by atoms with E-state index in [1.54, 1.807) is 0 Å². The maximum absolute atomic E-state index is 6.75. The van der Waals surface area contributed by atoms with Gasteiger partial charge in [-0.1, -0.05) is 71.8 Å². The molecule has 0 saturated carbocycles. The van der Waals surface area contributed by atoms with Crippen molar-refractivity contribution in [1.82, 2.24) is 0 Å². The molecule has 2 aromatic carbocycles. The number of benzene rings is 2. The lowest BCUT2D eigenvalue weighted by Gasteiger charge is -2.10. The van der Waals surface area contributed by atoms with Gasteiger partial charge in [0.2, 0.25) is 0 Å². The molecule has 0 radical (unpaired) electrons. The molecule has 1 heterocycles. The first kappa shape index (κ1) is 18.0. The summed E-state index contributed by atoms with van der Waals surface area (Å²) < 4.78 is 2.19. The summed E-state index contributed by atoms with van der Waals surface area (Å²) in [5, 5.41) is 0.807. The first-order chi connectivity index (χ1) is 10.7. The Hall–Kier alpha value is -1.39. The molecule has 3 rings (SSSR count).